The number of rotatable bonds is 6. The second kappa shape index (κ2) is 8.48. The third-order valence-electron chi connectivity index (χ3n) is 5.27. The largest absolute Gasteiger partial charge is 0.383 e. The number of carbonyl (C=O) groups excluding carboxylic acids is 1. The zero-order valence-electron chi connectivity index (χ0n) is 17.1. The van der Waals surface area contributed by atoms with Crippen LogP contribution in [-0.4, -0.2) is 52.5 Å². The van der Waals surface area contributed by atoms with E-state index in [2.05, 4.69) is 15.4 Å². The van der Waals surface area contributed by atoms with E-state index < -0.39 is 10.0 Å². The van der Waals surface area contributed by atoms with Crippen LogP contribution in [0.4, 0.5) is 5.82 Å². The molecule has 31 heavy (non-hydrogen) atoms. The summed E-state index contributed by atoms with van der Waals surface area (Å²) in [5.74, 6) is -0.307. The van der Waals surface area contributed by atoms with Crippen molar-refractivity contribution in [3.05, 3.63) is 66.1 Å². The standard InChI is InChI=1S/C21H24N6O3S/c1-26-12-17(11-24-26)16-9-19(20(22)23-10-16)21(28)25-18-7-8-27(13-18)31(29,30)14-15-5-3-2-4-6-15/h2-6,9-12,18H,7-8,13-14H2,1H3,(H2,22,23)(H,25,28)/t18-/m1/s1. The van der Waals surface area contributed by atoms with Crippen molar-refractivity contribution in [3.63, 3.8) is 0 Å². The summed E-state index contributed by atoms with van der Waals surface area (Å²) in [6.45, 7) is 0.597. The lowest BCUT2D eigenvalue weighted by Crippen LogP contribution is -2.39. The van der Waals surface area contributed by atoms with Gasteiger partial charge in [-0.15, -0.1) is 0 Å². The SMILES string of the molecule is Cn1cc(-c2cnc(N)c(C(=O)N[C@@H]3CCN(S(=O)(=O)Cc4ccccc4)C3)c2)cn1. The van der Waals surface area contributed by atoms with E-state index in [-0.39, 0.29) is 35.6 Å². The zero-order chi connectivity index (χ0) is 22.0. The highest BCUT2D eigenvalue weighted by molar-refractivity contribution is 7.88. The predicted octanol–water partition coefficient (Wildman–Crippen LogP) is 1.40. The van der Waals surface area contributed by atoms with Gasteiger partial charge in [0, 0.05) is 49.7 Å². The number of benzene rings is 1. The fourth-order valence-electron chi connectivity index (χ4n) is 3.62. The minimum Gasteiger partial charge on any atom is -0.383 e. The van der Waals surface area contributed by atoms with Gasteiger partial charge in [0.05, 0.1) is 17.5 Å². The van der Waals surface area contributed by atoms with E-state index in [1.54, 1.807) is 42.3 Å². The number of aromatic nitrogens is 3. The molecule has 1 aliphatic heterocycles. The van der Waals surface area contributed by atoms with E-state index >= 15 is 0 Å². The Hall–Kier alpha value is -3.24. The third kappa shape index (κ3) is 4.75. The fraction of sp³-hybridized carbons (Fsp3) is 0.286. The molecule has 3 aromatic rings. The van der Waals surface area contributed by atoms with Crippen LogP contribution < -0.4 is 11.1 Å². The molecule has 1 aromatic carbocycles. The first-order valence-electron chi connectivity index (χ1n) is 9.89. The van der Waals surface area contributed by atoms with Crippen molar-refractivity contribution in [2.45, 2.75) is 18.2 Å². The Morgan fingerprint density at radius 2 is 2.00 bits per heavy atom. The topological polar surface area (TPSA) is 123 Å². The smallest absolute Gasteiger partial charge is 0.255 e. The third-order valence-corrected chi connectivity index (χ3v) is 7.09. The Kier molecular flexibility index (Phi) is 5.75. The maximum absolute atomic E-state index is 12.8. The van der Waals surface area contributed by atoms with Gasteiger partial charge >= 0.3 is 0 Å². The number of nitrogens with two attached hydrogens (primary N) is 1. The van der Waals surface area contributed by atoms with Crippen LogP contribution in [-0.2, 0) is 22.8 Å². The first-order chi connectivity index (χ1) is 14.8. The average molecular weight is 441 g/mol. The normalized spacial score (nSPS) is 17.0. The number of nitrogens with zero attached hydrogens (tertiary/aromatic N) is 4. The molecule has 10 heteroatoms. The maximum Gasteiger partial charge on any atom is 0.255 e. The summed E-state index contributed by atoms with van der Waals surface area (Å²) in [6, 6.07) is 10.4. The summed E-state index contributed by atoms with van der Waals surface area (Å²) < 4.78 is 28.6. The molecule has 0 bridgehead atoms. The summed E-state index contributed by atoms with van der Waals surface area (Å²) >= 11 is 0. The van der Waals surface area contributed by atoms with E-state index in [1.165, 1.54) is 4.31 Å². The van der Waals surface area contributed by atoms with Gasteiger partial charge in [-0.1, -0.05) is 30.3 Å². The Morgan fingerprint density at radius 3 is 2.71 bits per heavy atom. The molecule has 9 nitrogen and oxygen atoms in total. The van der Waals surface area contributed by atoms with Crippen molar-refractivity contribution in [3.8, 4) is 11.1 Å². The monoisotopic (exact) mass is 440 g/mol. The van der Waals surface area contributed by atoms with Gasteiger partial charge in [0.2, 0.25) is 10.0 Å². The highest BCUT2D eigenvalue weighted by atomic mass is 32.2. The van der Waals surface area contributed by atoms with E-state index in [1.807, 2.05) is 24.4 Å². The fourth-order valence-corrected chi connectivity index (χ4v) is 5.21. The highest BCUT2D eigenvalue weighted by Crippen LogP contribution is 2.22. The molecule has 1 saturated heterocycles. The molecule has 0 radical (unpaired) electrons. The van der Waals surface area contributed by atoms with E-state index in [9.17, 15) is 13.2 Å². The van der Waals surface area contributed by atoms with E-state index in [0.717, 1.165) is 16.7 Å². The van der Waals surface area contributed by atoms with Gasteiger partial charge in [-0.05, 0) is 18.1 Å². The number of nitrogens with one attached hydrogen (secondary N) is 1. The predicted molar refractivity (Wildman–Crippen MR) is 117 cm³/mol. The Balaban J connectivity index is 1.43. The summed E-state index contributed by atoms with van der Waals surface area (Å²) in [6.07, 6.45) is 5.63. The van der Waals surface area contributed by atoms with E-state index in [4.69, 9.17) is 5.73 Å². The number of carbonyl (C=O) groups is 1. The minimum absolute atomic E-state index is 0.0570. The van der Waals surface area contributed by atoms with Crippen molar-refractivity contribution in [1.82, 2.24) is 24.4 Å². The van der Waals surface area contributed by atoms with Crippen molar-refractivity contribution >= 4 is 21.7 Å². The zero-order valence-corrected chi connectivity index (χ0v) is 17.9. The van der Waals surface area contributed by atoms with Crippen LogP contribution in [0.1, 0.15) is 22.3 Å². The lowest BCUT2D eigenvalue weighted by molar-refractivity contribution is 0.0939. The molecule has 1 atom stereocenters. The lowest BCUT2D eigenvalue weighted by atomic mass is 10.1. The van der Waals surface area contributed by atoms with Crippen LogP contribution in [0.2, 0.25) is 0 Å². The summed E-state index contributed by atoms with van der Waals surface area (Å²) in [4.78, 5) is 17.0. The van der Waals surface area contributed by atoms with E-state index in [0.29, 0.717) is 13.0 Å². The molecule has 0 spiro atoms. The number of hydrogen-bond donors (Lipinski definition) is 2. The minimum atomic E-state index is -3.46. The molecule has 3 heterocycles. The molecule has 162 valence electrons. The second-order valence-corrected chi connectivity index (χ2v) is 9.59. The number of pyridine rings is 1. The lowest BCUT2D eigenvalue weighted by Gasteiger charge is -2.17. The molecule has 0 saturated carbocycles. The highest BCUT2D eigenvalue weighted by Gasteiger charge is 2.32. The number of sulfonamides is 1. The summed E-state index contributed by atoms with van der Waals surface area (Å²) in [7, 11) is -1.65. The van der Waals surface area contributed by atoms with Gasteiger partial charge in [-0.25, -0.2) is 13.4 Å². The quantitative estimate of drug-likeness (QED) is 0.597. The molecule has 4 rings (SSSR count). The molecule has 0 unspecified atom stereocenters. The van der Waals surface area contributed by atoms with Gasteiger partial charge in [0.1, 0.15) is 5.82 Å². The van der Waals surface area contributed by atoms with Crippen molar-refractivity contribution in [2.75, 3.05) is 18.8 Å². The number of amides is 1. The molecule has 3 N–H and O–H groups in total. The number of aryl methyl sites for hydroxylation is 1. The molecular formula is C21H24N6O3S. The number of anilines is 1. The van der Waals surface area contributed by atoms with Crippen molar-refractivity contribution in [1.29, 1.82) is 0 Å². The number of hydrogen-bond acceptors (Lipinski definition) is 6. The van der Waals surface area contributed by atoms with Crippen LogP contribution in [0.15, 0.2) is 55.0 Å². The van der Waals surface area contributed by atoms with Crippen LogP contribution in [0.3, 0.4) is 0 Å². The summed E-state index contributed by atoms with van der Waals surface area (Å²) in [5.41, 5.74) is 8.47. The van der Waals surface area contributed by atoms with Crippen LogP contribution in [0, 0.1) is 0 Å². The van der Waals surface area contributed by atoms with Gasteiger partial charge < -0.3 is 11.1 Å². The Morgan fingerprint density at radius 1 is 1.23 bits per heavy atom. The molecule has 1 fully saturated rings. The van der Waals surface area contributed by atoms with Gasteiger partial charge in [0.25, 0.3) is 5.91 Å². The van der Waals surface area contributed by atoms with Gasteiger partial charge in [-0.2, -0.15) is 9.40 Å². The molecule has 0 aliphatic carbocycles. The molecule has 1 amide bonds. The Bertz CT molecular complexity index is 1190. The van der Waals surface area contributed by atoms with Crippen LogP contribution >= 0.6 is 0 Å². The first-order valence-corrected chi connectivity index (χ1v) is 11.5. The Labute approximate surface area is 180 Å². The van der Waals surface area contributed by atoms with Crippen molar-refractivity contribution in [2.24, 2.45) is 7.05 Å². The molecular weight excluding hydrogens is 416 g/mol. The second-order valence-electron chi connectivity index (χ2n) is 7.62. The molecule has 1 aliphatic rings. The number of nitrogen functional groups attached to an aromatic ring is 1. The average Bonchev–Trinajstić information content (AvgIpc) is 3.38. The molecule has 2 aromatic heterocycles. The van der Waals surface area contributed by atoms with Crippen molar-refractivity contribution < 1.29 is 13.2 Å². The summed E-state index contributed by atoms with van der Waals surface area (Å²) in [5, 5.41) is 7.03. The maximum atomic E-state index is 12.8. The van der Waals surface area contributed by atoms with Crippen LogP contribution in [0.25, 0.3) is 11.1 Å². The van der Waals surface area contributed by atoms with Gasteiger partial charge in [0.15, 0.2) is 0 Å². The first kappa shape index (κ1) is 21.0. The van der Waals surface area contributed by atoms with Crippen LogP contribution in [0.5, 0.6) is 0 Å². The van der Waals surface area contributed by atoms with Gasteiger partial charge in [-0.3, -0.25) is 9.48 Å².